The van der Waals surface area contributed by atoms with E-state index in [-0.39, 0.29) is 32.7 Å². The van der Waals surface area contributed by atoms with Crippen molar-refractivity contribution in [2.75, 3.05) is 26.9 Å². The van der Waals surface area contributed by atoms with Crippen LogP contribution in [-0.4, -0.2) is 61.3 Å². The van der Waals surface area contributed by atoms with E-state index in [4.69, 9.17) is 14.2 Å². The number of esters is 2. The molecule has 0 amide bonds. The minimum atomic E-state index is -1.07. The maximum atomic E-state index is 11.9. The molecule has 0 bridgehead atoms. The first-order valence-corrected chi connectivity index (χ1v) is 13.7. The summed E-state index contributed by atoms with van der Waals surface area (Å²) in [6, 6.07) is 23.9. The third-order valence-electron chi connectivity index (χ3n) is 6.88. The van der Waals surface area contributed by atoms with Gasteiger partial charge in [-0.3, -0.25) is 9.59 Å². The van der Waals surface area contributed by atoms with Crippen molar-refractivity contribution < 1.29 is 38.7 Å². The first-order chi connectivity index (χ1) is 19.9. The van der Waals surface area contributed by atoms with Gasteiger partial charge in [-0.15, -0.1) is 0 Å². The molecule has 0 radical (unpaired) electrons. The van der Waals surface area contributed by atoms with Gasteiger partial charge in [-0.2, -0.15) is 0 Å². The maximum Gasteiger partial charge on any atom is 0.306 e. The molecule has 0 spiro atoms. The molecule has 216 valence electrons. The number of fused-ring (bicyclic) bond motifs is 2. The van der Waals surface area contributed by atoms with Crippen molar-refractivity contribution in [3.63, 3.8) is 0 Å². The lowest BCUT2D eigenvalue weighted by Crippen LogP contribution is -2.25. The predicted molar refractivity (Wildman–Crippen MR) is 156 cm³/mol. The highest BCUT2D eigenvalue weighted by Gasteiger charge is 2.18. The third-order valence-corrected chi connectivity index (χ3v) is 6.88. The summed E-state index contributed by atoms with van der Waals surface area (Å²) in [5.41, 5.74) is 1.88. The number of benzene rings is 4. The highest BCUT2D eigenvalue weighted by atomic mass is 16.6. The number of methoxy groups -OCH3 is 1. The molecule has 4 aromatic carbocycles. The van der Waals surface area contributed by atoms with Crippen molar-refractivity contribution in [1.82, 2.24) is 0 Å². The molecule has 2 unspecified atom stereocenters. The number of aliphatic hydroxyl groups is 2. The maximum absolute atomic E-state index is 11.9. The molecule has 2 atom stereocenters. The van der Waals surface area contributed by atoms with Crippen molar-refractivity contribution in [3.8, 4) is 11.5 Å². The van der Waals surface area contributed by atoms with Gasteiger partial charge in [0.25, 0.3) is 0 Å². The summed E-state index contributed by atoms with van der Waals surface area (Å²) in [7, 11) is 1.25. The smallest absolute Gasteiger partial charge is 0.306 e. The van der Waals surface area contributed by atoms with E-state index in [2.05, 4.69) is 10.8 Å². The van der Waals surface area contributed by atoms with E-state index in [0.717, 1.165) is 32.7 Å². The molecule has 0 aliphatic heterocycles. The Morgan fingerprint density at radius 3 is 1.73 bits per heavy atom. The number of hydrogen-bond donors (Lipinski definition) is 2. The van der Waals surface area contributed by atoms with Crippen LogP contribution in [0.25, 0.3) is 21.5 Å². The monoisotopic (exact) mass is 560 g/mol. The largest absolute Gasteiger partial charge is 0.491 e. The van der Waals surface area contributed by atoms with Gasteiger partial charge >= 0.3 is 11.9 Å². The summed E-state index contributed by atoms with van der Waals surface area (Å²) in [5, 5.41) is 24.8. The lowest BCUT2D eigenvalue weighted by molar-refractivity contribution is -0.151. The van der Waals surface area contributed by atoms with Crippen molar-refractivity contribution in [2.24, 2.45) is 0 Å². The normalized spacial score (nSPS) is 12.6. The van der Waals surface area contributed by atoms with Crippen LogP contribution >= 0.6 is 0 Å². The molecule has 0 saturated heterocycles. The molecule has 0 aliphatic rings. The van der Waals surface area contributed by atoms with Crippen LogP contribution in [0.3, 0.4) is 0 Å². The molecule has 8 heteroatoms. The van der Waals surface area contributed by atoms with Crippen LogP contribution in [0.15, 0.2) is 72.8 Å². The summed E-state index contributed by atoms with van der Waals surface area (Å²) in [6.45, 7) is 1.74. The molecule has 0 aromatic heterocycles. The minimum absolute atomic E-state index is 0.0837. The number of aliphatic hydroxyl groups excluding tert-OH is 2. The summed E-state index contributed by atoms with van der Waals surface area (Å²) in [6.07, 6.45) is -0.772. The highest BCUT2D eigenvalue weighted by molar-refractivity contribution is 5.91. The van der Waals surface area contributed by atoms with Gasteiger partial charge in [-0.05, 0) is 40.1 Å². The third kappa shape index (κ3) is 7.96. The lowest BCUT2D eigenvalue weighted by Gasteiger charge is -2.20. The second-order valence-corrected chi connectivity index (χ2v) is 9.80. The predicted octanol–water partition coefficient (Wildman–Crippen LogP) is 4.97. The first-order valence-electron chi connectivity index (χ1n) is 13.7. The minimum Gasteiger partial charge on any atom is -0.491 e. The Balaban J connectivity index is 1.58. The molecular formula is C33H36O8. The van der Waals surface area contributed by atoms with Crippen molar-refractivity contribution >= 4 is 33.5 Å². The van der Waals surface area contributed by atoms with E-state index in [0.29, 0.717) is 24.3 Å². The molecule has 41 heavy (non-hydrogen) atoms. The molecule has 0 saturated carbocycles. The van der Waals surface area contributed by atoms with Crippen molar-refractivity contribution in [2.45, 2.75) is 44.8 Å². The van der Waals surface area contributed by atoms with Gasteiger partial charge in [0.15, 0.2) is 0 Å². The number of rotatable bonds is 14. The van der Waals surface area contributed by atoms with E-state index >= 15 is 0 Å². The number of carbonyl (C=O) groups excluding carboxylic acids is 2. The lowest BCUT2D eigenvalue weighted by atomic mass is 9.93. The SMILES string of the molecule is CCC(O)COc1ccc2ccccc2c1Cc1c(OCC(O)COC(=O)CCC(=O)OC)ccc2ccccc12. The summed E-state index contributed by atoms with van der Waals surface area (Å²) in [4.78, 5) is 23.1. The zero-order valence-corrected chi connectivity index (χ0v) is 23.4. The molecule has 0 heterocycles. The van der Waals surface area contributed by atoms with E-state index in [1.54, 1.807) is 0 Å². The summed E-state index contributed by atoms with van der Waals surface area (Å²) >= 11 is 0. The van der Waals surface area contributed by atoms with Crippen molar-refractivity contribution in [1.29, 1.82) is 0 Å². The van der Waals surface area contributed by atoms with Gasteiger partial charge in [0, 0.05) is 17.5 Å². The van der Waals surface area contributed by atoms with Gasteiger partial charge in [-0.25, -0.2) is 0 Å². The van der Waals surface area contributed by atoms with Gasteiger partial charge < -0.3 is 29.2 Å². The second-order valence-electron chi connectivity index (χ2n) is 9.80. The van der Waals surface area contributed by atoms with Crippen LogP contribution < -0.4 is 9.47 Å². The van der Waals surface area contributed by atoms with Gasteiger partial charge in [0.05, 0.1) is 26.1 Å². The van der Waals surface area contributed by atoms with Gasteiger partial charge in [0.2, 0.25) is 0 Å². The van der Waals surface area contributed by atoms with E-state index in [9.17, 15) is 19.8 Å². The molecule has 4 rings (SSSR count). The van der Waals surface area contributed by atoms with Crippen LogP contribution in [0.4, 0.5) is 0 Å². The quantitative estimate of drug-likeness (QED) is 0.208. The summed E-state index contributed by atoms with van der Waals surface area (Å²) in [5.74, 6) is 0.176. The van der Waals surface area contributed by atoms with Gasteiger partial charge in [0.1, 0.15) is 37.4 Å². The van der Waals surface area contributed by atoms with Crippen LogP contribution in [0, 0.1) is 0 Å². The molecular weight excluding hydrogens is 524 g/mol. The zero-order valence-electron chi connectivity index (χ0n) is 23.4. The van der Waals surface area contributed by atoms with Crippen LogP contribution in [-0.2, 0) is 25.5 Å². The molecule has 0 aliphatic carbocycles. The number of carbonyl (C=O) groups is 2. The fourth-order valence-electron chi connectivity index (χ4n) is 4.55. The molecule has 8 nitrogen and oxygen atoms in total. The average molecular weight is 561 g/mol. The van der Waals surface area contributed by atoms with Gasteiger partial charge in [-0.1, -0.05) is 67.6 Å². The Bertz CT molecular complexity index is 1480. The molecule has 2 N–H and O–H groups in total. The Kier molecular flexibility index (Phi) is 10.5. The van der Waals surface area contributed by atoms with Crippen LogP contribution in [0.1, 0.15) is 37.3 Å². The number of ether oxygens (including phenoxy) is 4. The van der Waals surface area contributed by atoms with Crippen LogP contribution in [0.5, 0.6) is 11.5 Å². The Morgan fingerprint density at radius 1 is 0.683 bits per heavy atom. The Labute approximate surface area is 239 Å². The summed E-state index contributed by atoms with van der Waals surface area (Å²) < 4.78 is 21.8. The molecule has 4 aromatic rings. The standard InChI is InChI=1S/C33H36O8/c1-3-24(34)19-39-30-14-12-22-8-4-6-10-26(22)28(30)18-29-27-11-7-5-9-23(27)13-15-31(29)40-20-25(35)21-41-33(37)17-16-32(36)38-2/h4-15,24-25,34-35H,3,16-21H2,1-2H3. The topological polar surface area (TPSA) is 112 Å². The number of hydrogen-bond acceptors (Lipinski definition) is 8. The second kappa shape index (κ2) is 14.5. The fourth-order valence-corrected chi connectivity index (χ4v) is 4.55. The van der Waals surface area contributed by atoms with Crippen LogP contribution in [0.2, 0.25) is 0 Å². The van der Waals surface area contributed by atoms with E-state index in [1.807, 2.05) is 73.7 Å². The van der Waals surface area contributed by atoms with E-state index < -0.39 is 24.1 Å². The first kappa shape index (κ1) is 29.8. The zero-order chi connectivity index (χ0) is 29.2. The highest BCUT2D eigenvalue weighted by Crippen LogP contribution is 2.36. The Morgan fingerprint density at radius 2 is 1.20 bits per heavy atom. The fraction of sp³-hybridized carbons (Fsp3) is 0.333. The Hall–Kier alpha value is -4.14. The molecule has 0 fully saturated rings. The average Bonchev–Trinajstić information content (AvgIpc) is 3.01. The van der Waals surface area contributed by atoms with Crippen molar-refractivity contribution in [3.05, 3.63) is 83.9 Å². The van der Waals surface area contributed by atoms with E-state index in [1.165, 1.54) is 7.11 Å².